The molecular formula is C27H31FN2O5. The van der Waals surface area contributed by atoms with Gasteiger partial charge < -0.3 is 24.3 Å². The lowest BCUT2D eigenvalue weighted by atomic mass is 10.2. The minimum absolute atomic E-state index is 0.0119. The predicted molar refractivity (Wildman–Crippen MR) is 131 cm³/mol. The molecule has 8 heteroatoms. The zero-order chi connectivity index (χ0) is 24.9. The molecule has 1 aliphatic rings. The van der Waals surface area contributed by atoms with Crippen LogP contribution in [0, 0.1) is 26.6 Å². The van der Waals surface area contributed by atoms with Gasteiger partial charge in [-0.3, -0.25) is 9.69 Å². The number of furan rings is 1. The van der Waals surface area contributed by atoms with Gasteiger partial charge in [0.2, 0.25) is 0 Å². The minimum Gasteiger partial charge on any atom is -0.489 e. The number of carbonyl (C=O) groups is 1. The molecule has 0 saturated carbocycles. The fourth-order valence-corrected chi connectivity index (χ4v) is 4.20. The Bertz CT molecular complexity index is 1160. The summed E-state index contributed by atoms with van der Waals surface area (Å²) in [5.74, 6) is 1.78. The normalized spacial score (nSPS) is 16.8. The first kappa shape index (κ1) is 24.8. The van der Waals surface area contributed by atoms with Crippen molar-refractivity contribution in [2.75, 3.05) is 31.6 Å². The third kappa shape index (κ3) is 6.61. The summed E-state index contributed by atoms with van der Waals surface area (Å²) in [6.45, 7) is 7.45. The third-order valence-corrected chi connectivity index (χ3v) is 5.92. The van der Waals surface area contributed by atoms with Gasteiger partial charge in [-0.15, -0.1) is 0 Å². The van der Waals surface area contributed by atoms with E-state index >= 15 is 0 Å². The molecule has 1 aromatic heterocycles. The molecular weight excluding hydrogens is 451 g/mol. The number of aliphatic hydroxyl groups excluding tert-OH is 1. The van der Waals surface area contributed by atoms with E-state index in [2.05, 4.69) is 10.2 Å². The van der Waals surface area contributed by atoms with Gasteiger partial charge >= 0.3 is 0 Å². The van der Waals surface area contributed by atoms with Gasteiger partial charge in [0, 0.05) is 19.6 Å². The number of halogens is 1. The lowest BCUT2D eigenvalue weighted by Crippen LogP contribution is -2.35. The lowest BCUT2D eigenvalue weighted by molar-refractivity contribution is 0.0722. The van der Waals surface area contributed by atoms with Gasteiger partial charge in [-0.05, 0) is 75.2 Å². The molecule has 1 fully saturated rings. The topological polar surface area (TPSA) is 84.2 Å². The Morgan fingerprint density at radius 3 is 2.69 bits per heavy atom. The number of amides is 1. The highest BCUT2D eigenvalue weighted by molar-refractivity contribution is 6.05. The molecule has 2 heterocycles. The highest BCUT2D eigenvalue weighted by Crippen LogP contribution is 2.27. The number of benzene rings is 2. The number of nitrogens with one attached hydrogen (secondary N) is 1. The fourth-order valence-electron chi connectivity index (χ4n) is 4.20. The largest absolute Gasteiger partial charge is 0.489 e. The Kier molecular flexibility index (Phi) is 7.73. The monoisotopic (exact) mass is 482 g/mol. The Balaban J connectivity index is 1.29. The van der Waals surface area contributed by atoms with Crippen LogP contribution in [-0.2, 0) is 0 Å². The van der Waals surface area contributed by atoms with E-state index in [-0.39, 0.29) is 24.4 Å². The van der Waals surface area contributed by atoms with Crippen molar-refractivity contribution in [3.8, 4) is 11.5 Å². The molecule has 1 amide bonds. The molecule has 0 aliphatic carbocycles. The Morgan fingerprint density at radius 2 is 1.97 bits per heavy atom. The lowest BCUT2D eigenvalue weighted by Gasteiger charge is -2.21. The predicted octanol–water partition coefficient (Wildman–Crippen LogP) is 4.49. The van der Waals surface area contributed by atoms with E-state index in [9.17, 15) is 14.3 Å². The molecule has 0 bridgehead atoms. The molecule has 0 radical (unpaired) electrons. The average molecular weight is 483 g/mol. The van der Waals surface area contributed by atoms with Crippen LogP contribution in [0.3, 0.4) is 0 Å². The number of rotatable bonds is 9. The first-order valence-electron chi connectivity index (χ1n) is 11.7. The number of aliphatic hydroxyl groups is 1. The van der Waals surface area contributed by atoms with E-state index in [1.807, 2.05) is 19.1 Å². The van der Waals surface area contributed by atoms with Crippen LogP contribution in [-0.4, -0.2) is 54.4 Å². The molecule has 1 saturated heterocycles. The van der Waals surface area contributed by atoms with E-state index in [1.165, 1.54) is 12.1 Å². The summed E-state index contributed by atoms with van der Waals surface area (Å²) < 4.78 is 30.4. The maximum absolute atomic E-state index is 13.1. The number of β-amino-alcohol motifs (C(OH)–C–C–N with tert-alkyl or cyclic N) is 1. The van der Waals surface area contributed by atoms with Gasteiger partial charge in [-0.2, -0.15) is 0 Å². The SMILES string of the molecule is Cc1ccc(NC(=O)c2cc(C)oc2C)c(OCC(O)CN2CCC(Oc3ccc(F)cc3)C2)c1. The van der Waals surface area contributed by atoms with Crippen molar-refractivity contribution in [1.82, 2.24) is 4.90 Å². The second-order valence-electron chi connectivity index (χ2n) is 8.99. The van der Waals surface area contributed by atoms with Crippen molar-refractivity contribution >= 4 is 11.6 Å². The number of nitrogens with zero attached hydrogens (tertiary/aromatic N) is 1. The van der Waals surface area contributed by atoms with Crippen LogP contribution in [0.1, 0.15) is 33.9 Å². The quantitative estimate of drug-likeness (QED) is 0.468. The van der Waals surface area contributed by atoms with Gasteiger partial charge in [0.25, 0.3) is 5.91 Å². The Hall–Kier alpha value is -3.36. The van der Waals surface area contributed by atoms with Crippen LogP contribution < -0.4 is 14.8 Å². The van der Waals surface area contributed by atoms with Crippen molar-refractivity contribution < 1.29 is 28.2 Å². The summed E-state index contributed by atoms with van der Waals surface area (Å²) >= 11 is 0. The molecule has 35 heavy (non-hydrogen) atoms. The number of likely N-dealkylation sites (tertiary alicyclic amines) is 1. The van der Waals surface area contributed by atoms with E-state index < -0.39 is 6.10 Å². The molecule has 2 aromatic carbocycles. The van der Waals surface area contributed by atoms with Crippen LogP contribution in [0.4, 0.5) is 10.1 Å². The van der Waals surface area contributed by atoms with Crippen LogP contribution >= 0.6 is 0 Å². The second-order valence-corrected chi connectivity index (χ2v) is 8.99. The van der Waals surface area contributed by atoms with Crippen molar-refractivity contribution in [3.05, 3.63) is 77.0 Å². The van der Waals surface area contributed by atoms with Gasteiger partial charge in [-0.25, -0.2) is 4.39 Å². The molecule has 1 aliphatic heterocycles. The number of anilines is 1. The Morgan fingerprint density at radius 1 is 1.20 bits per heavy atom. The zero-order valence-corrected chi connectivity index (χ0v) is 20.2. The van der Waals surface area contributed by atoms with Gasteiger partial charge in [0.15, 0.2) is 0 Å². The number of hydrogen-bond acceptors (Lipinski definition) is 6. The summed E-state index contributed by atoms with van der Waals surface area (Å²) in [5.41, 5.74) is 1.98. The molecule has 7 nitrogen and oxygen atoms in total. The smallest absolute Gasteiger partial charge is 0.259 e. The highest BCUT2D eigenvalue weighted by atomic mass is 19.1. The molecule has 4 rings (SSSR count). The summed E-state index contributed by atoms with van der Waals surface area (Å²) in [5, 5.41) is 13.5. The third-order valence-electron chi connectivity index (χ3n) is 5.92. The highest BCUT2D eigenvalue weighted by Gasteiger charge is 2.26. The fraction of sp³-hybridized carbons (Fsp3) is 0.370. The summed E-state index contributed by atoms with van der Waals surface area (Å²) in [6.07, 6.45) is 0.0934. The van der Waals surface area contributed by atoms with Crippen LogP contribution in [0.5, 0.6) is 11.5 Å². The zero-order valence-electron chi connectivity index (χ0n) is 20.2. The van der Waals surface area contributed by atoms with Crippen LogP contribution in [0.25, 0.3) is 0 Å². The van der Waals surface area contributed by atoms with Crippen molar-refractivity contribution in [3.63, 3.8) is 0 Å². The molecule has 2 N–H and O–H groups in total. The second kappa shape index (κ2) is 10.9. The van der Waals surface area contributed by atoms with Crippen LogP contribution in [0.2, 0.25) is 0 Å². The number of aryl methyl sites for hydroxylation is 3. The number of hydrogen-bond donors (Lipinski definition) is 2. The summed E-state index contributed by atoms with van der Waals surface area (Å²) in [7, 11) is 0. The number of ether oxygens (including phenoxy) is 2. The molecule has 0 spiro atoms. The van der Waals surface area contributed by atoms with E-state index in [0.29, 0.717) is 47.4 Å². The molecule has 3 aromatic rings. The van der Waals surface area contributed by atoms with Crippen molar-refractivity contribution in [2.24, 2.45) is 0 Å². The molecule has 186 valence electrons. The van der Waals surface area contributed by atoms with Crippen LogP contribution in [0.15, 0.2) is 52.9 Å². The molecule has 2 unspecified atom stereocenters. The Labute approximate surface area is 204 Å². The van der Waals surface area contributed by atoms with Crippen molar-refractivity contribution in [1.29, 1.82) is 0 Å². The van der Waals surface area contributed by atoms with E-state index in [0.717, 1.165) is 18.5 Å². The first-order valence-corrected chi connectivity index (χ1v) is 11.7. The molecule has 2 atom stereocenters. The summed E-state index contributed by atoms with van der Waals surface area (Å²) in [4.78, 5) is 14.8. The minimum atomic E-state index is -0.720. The standard InChI is InChI=1S/C27H31FN2O5/c1-17-4-9-25(29-27(32)24-13-18(2)34-19(24)3)26(12-17)33-16-21(31)14-30-11-10-23(15-30)35-22-7-5-20(28)6-8-22/h4-9,12-13,21,23,31H,10-11,14-16H2,1-3H3,(H,29,32). The van der Waals surface area contributed by atoms with E-state index in [1.54, 1.807) is 38.1 Å². The summed E-state index contributed by atoms with van der Waals surface area (Å²) in [6, 6.07) is 13.2. The first-order chi connectivity index (χ1) is 16.8. The maximum Gasteiger partial charge on any atom is 0.259 e. The number of carbonyl (C=O) groups excluding carboxylic acids is 1. The van der Waals surface area contributed by atoms with Gasteiger partial charge in [0.05, 0.1) is 11.3 Å². The van der Waals surface area contributed by atoms with Crippen molar-refractivity contribution in [2.45, 2.75) is 39.4 Å². The average Bonchev–Trinajstić information content (AvgIpc) is 3.40. The van der Waals surface area contributed by atoms with E-state index in [4.69, 9.17) is 13.9 Å². The van der Waals surface area contributed by atoms with Gasteiger partial charge in [0.1, 0.15) is 47.7 Å². The maximum atomic E-state index is 13.1. The van der Waals surface area contributed by atoms with Gasteiger partial charge in [-0.1, -0.05) is 6.07 Å².